The number of nitrogens with zero attached hydrogens (tertiary/aromatic N) is 4. The zero-order valence-corrected chi connectivity index (χ0v) is 13.9. The number of amides is 3. The van der Waals surface area contributed by atoms with Crippen LogP contribution in [0.4, 0.5) is 10.5 Å². The maximum Gasteiger partial charge on any atom is 0.332 e. The van der Waals surface area contributed by atoms with Gasteiger partial charge in [0, 0.05) is 12.1 Å². The van der Waals surface area contributed by atoms with E-state index in [1.807, 2.05) is 48.5 Å². The second-order valence-electron chi connectivity index (χ2n) is 5.95. The van der Waals surface area contributed by atoms with Gasteiger partial charge in [-0.3, -0.25) is 14.6 Å². The van der Waals surface area contributed by atoms with Crippen LogP contribution in [0.2, 0.25) is 0 Å². The predicted octanol–water partition coefficient (Wildman–Crippen LogP) is 2.63. The molecule has 7 heteroatoms. The Hall–Kier alpha value is -3.48. The van der Waals surface area contributed by atoms with Crippen molar-refractivity contribution < 1.29 is 14.1 Å². The van der Waals surface area contributed by atoms with Gasteiger partial charge in [-0.05, 0) is 17.7 Å². The van der Waals surface area contributed by atoms with Gasteiger partial charge in [0.05, 0.1) is 0 Å². The second kappa shape index (κ2) is 6.79. The molecule has 1 fully saturated rings. The fourth-order valence-corrected chi connectivity index (χ4v) is 2.85. The summed E-state index contributed by atoms with van der Waals surface area (Å²) in [5.74, 6) is 0.472. The summed E-state index contributed by atoms with van der Waals surface area (Å²) >= 11 is 0. The molecule has 0 atom stereocenters. The van der Waals surface area contributed by atoms with Gasteiger partial charge in [0.15, 0.2) is 5.82 Å². The lowest BCUT2D eigenvalue weighted by molar-refractivity contribution is -0.125. The lowest BCUT2D eigenvalue weighted by Crippen LogP contribution is -2.32. The first-order valence-electron chi connectivity index (χ1n) is 8.23. The first kappa shape index (κ1) is 16.0. The number of urea groups is 1. The molecule has 7 nitrogen and oxygen atoms in total. The van der Waals surface area contributed by atoms with Crippen LogP contribution < -0.4 is 4.90 Å². The van der Waals surface area contributed by atoms with Crippen molar-refractivity contribution in [3.8, 4) is 0 Å². The molecule has 0 bridgehead atoms. The zero-order valence-electron chi connectivity index (χ0n) is 13.9. The fraction of sp³-hybridized carbons (Fsp3) is 0.158. The molecule has 0 saturated carbocycles. The van der Waals surface area contributed by atoms with E-state index in [4.69, 9.17) is 4.52 Å². The van der Waals surface area contributed by atoms with Gasteiger partial charge in [0.2, 0.25) is 5.89 Å². The Kier molecular flexibility index (Phi) is 4.18. The number of anilines is 1. The minimum absolute atomic E-state index is 0.00779. The lowest BCUT2D eigenvalue weighted by atomic mass is 10.1. The number of hydrogen-bond acceptors (Lipinski definition) is 5. The molecule has 1 aliphatic rings. The summed E-state index contributed by atoms with van der Waals surface area (Å²) in [6, 6.07) is 18.5. The van der Waals surface area contributed by atoms with E-state index in [0.29, 0.717) is 17.9 Å². The minimum Gasteiger partial charge on any atom is -0.337 e. The first-order valence-corrected chi connectivity index (χ1v) is 8.23. The zero-order chi connectivity index (χ0) is 17.9. The minimum atomic E-state index is -0.385. The number of carbonyl (C=O) groups is 2. The Morgan fingerprint density at radius 3 is 2.38 bits per heavy atom. The van der Waals surface area contributed by atoms with Gasteiger partial charge >= 0.3 is 6.03 Å². The van der Waals surface area contributed by atoms with Crippen molar-refractivity contribution in [2.45, 2.75) is 13.0 Å². The van der Waals surface area contributed by atoms with Crippen LogP contribution in [0.1, 0.15) is 17.3 Å². The highest BCUT2D eigenvalue weighted by molar-refractivity contribution is 6.12. The molecule has 1 saturated heterocycles. The summed E-state index contributed by atoms with van der Waals surface area (Å²) in [5.41, 5.74) is 1.74. The Bertz CT molecular complexity index is 924. The number of imide groups is 1. The second-order valence-corrected chi connectivity index (χ2v) is 5.95. The Labute approximate surface area is 149 Å². The van der Waals surface area contributed by atoms with E-state index in [9.17, 15) is 9.59 Å². The van der Waals surface area contributed by atoms with Crippen molar-refractivity contribution in [1.29, 1.82) is 0 Å². The molecule has 3 amide bonds. The molecule has 4 rings (SSSR count). The van der Waals surface area contributed by atoms with Crippen LogP contribution in [-0.2, 0) is 17.8 Å². The predicted molar refractivity (Wildman–Crippen MR) is 93.3 cm³/mol. The summed E-state index contributed by atoms with van der Waals surface area (Å²) in [6.45, 7) is -0.0172. The highest BCUT2D eigenvalue weighted by Gasteiger charge is 2.37. The third-order valence-electron chi connectivity index (χ3n) is 4.13. The van der Waals surface area contributed by atoms with E-state index in [2.05, 4.69) is 10.1 Å². The van der Waals surface area contributed by atoms with E-state index in [1.54, 1.807) is 12.1 Å². The number of para-hydroxylation sites is 1. The molecule has 0 radical (unpaired) electrons. The van der Waals surface area contributed by atoms with Crippen molar-refractivity contribution >= 4 is 17.6 Å². The number of rotatable bonds is 5. The number of aromatic nitrogens is 2. The van der Waals surface area contributed by atoms with Gasteiger partial charge in [-0.15, -0.1) is 0 Å². The van der Waals surface area contributed by atoms with Crippen LogP contribution in [-0.4, -0.2) is 33.5 Å². The molecule has 0 N–H and O–H groups in total. The molecule has 1 aliphatic heterocycles. The van der Waals surface area contributed by atoms with E-state index >= 15 is 0 Å². The van der Waals surface area contributed by atoms with Gasteiger partial charge in [0.1, 0.15) is 13.1 Å². The molecular formula is C19H16N4O3. The molecule has 2 aromatic carbocycles. The number of benzene rings is 2. The molecule has 130 valence electrons. The SMILES string of the molecule is O=C1CN(c2ccccc2)C(=O)N1Cc1nc(Cc2ccccc2)no1. The Morgan fingerprint density at radius 1 is 0.962 bits per heavy atom. The fourth-order valence-electron chi connectivity index (χ4n) is 2.85. The average Bonchev–Trinajstić information content (AvgIpc) is 3.23. The van der Waals surface area contributed by atoms with Crippen molar-refractivity contribution in [3.05, 3.63) is 77.9 Å². The topological polar surface area (TPSA) is 79.5 Å². The van der Waals surface area contributed by atoms with Crippen LogP contribution in [0, 0.1) is 0 Å². The van der Waals surface area contributed by atoms with Crippen LogP contribution >= 0.6 is 0 Å². The van der Waals surface area contributed by atoms with E-state index in [0.717, 1.165) is 10.5 Å². The van der Waals surface area contributed by atoms with Gasteiger partial charge in [-0.2, -0.15) is 4.98 Å². The van der Waals surface area contributed by atoms with E-state index < -0.39 is 0 Å². The standard InChI is InChI=1S/C19H16N4O3/c24-18-13-22(15-9-5-2-6-10-15)19(25)23(18)12-17-20-16(21-26-17)11-14-7-3-1-4-8-14/h1-10H,11-13H2. The van der Waals surface area contributed by atoms with Crippen molar-refractivity contribution in [3.63, 3.8) is 0 Å². The molecule has 0 spiro atoms. The number of carbonyl (C=O) groups excluding carboxylic acids is 2. The van der Waals surface area contributed by atoms with E-state index in [1.165, 1.54) is 4.90 Å². The maximum absolute atomic E-state index is 12.6. The van der Waals surface area contributed by atoms with Crippen molar-refractivity contribution in [1.82, 2.24) is 15.0 Å². The Morgan fingerprint density at radius 2 is 1.65 bits per heavy atom. The third-order valence-corrected chi connectivity index (χ3v) is 4.13. The lowest BCUT2D eigenvalue weighted by Gasteiger charge is -2.15. The van der Waals surface area contributed by atoms with Crippen LogP contribution in [0.15, 0.2) is 65.2 Å². The summed E-state index contributed by atoms with van der Waals surface area (Å²) < 4.78 is 5.21. The average molecular weight is 348 g/mol. The molecule has 26 heavy (non-hydrogen) atoms. The molecule has 1 aromatic heterocycles. The largest absolute Gasteiger partial charge is 0.337 e. The maximum atomic E-state index is 12.6. The van der Waals surface area contributed by atoms with E-state index in [-0.39, 0.29) is 30.9 Å². The number of hydrogen-bond donors (Lipinski definition) is 0. The summed E-state index contributed by atoms with van der Waals surface area (Å²) in [7, 11) is 0. The normalized spacial score (nSPS) is 14.3. The molecule has 0 unspecified atom stereocenters. The first-order chi connectivity index (χ1) is 12.7. The Balaban J connectivity index is 1.46. The van der Waals surface area contributed by atoms with Gasteiger partial charge in [0.25, 0.3) is 5.91 Å². The van der Waals surface area contributed by atoms with Gasteiger partial charge < -0.3 is 4.52 Å². The smallest absolute Gasteiger partial charge is 0.332 e. The van der Waals surface area contributed by atoms with Crippen LogP contribution in [0.25, 0.3) is 0 Å². The van der Waals surface area contributed by atoms with Crippen LogP contribution in [0.5, 0.6) is 0 Å². The monoisotopic (exact) mass is 348 g/mol. The molecular weight excluding hydrogens is 332 g/mol. The summed E-state index contributed by atoms with van der Waals surface area (Å²) in [4.78, 5) is 31.7. The van der Waals surface area contributed by atoms with Gasteiger partial charge in [-0.1, -0.05) is 53.7 Å². The highest BCUT2D eigenvalue weighted by Crippen LogP contribution is 2.22. The molecule has 3 aromatic rings. The van der Waals surface area contributed by atoms with Crippen LogP contribution in [0.3, 0.4) is 0 Å². The molecule has 0 aliphatic carbocycles. The highest BCUT2D eigenvalue weighted by atomic mass is 16.5. The van der Waals surface area contributed by atoms with Gasteiger partial charge in [-0.25, -0.2) is 4.79 Å². The van der Waals surface area contributed by atoms with Crippen molar-refractivity contribution in [2.75, 3.05) is 11.4 Å². The molecule has 2 heterocycles. The summed E-state index contributed by atoms with van der Waals surface area (Å²) in [6.07, 6.45) is 0.530. The quantitative estimate of drug-likeness (QED) is 0.662. The third kappa shape index (κ3) is 3.19. The summed E-state index contributed by atoms with van der Waals surface area (Å²) in [5, 5.41) is 3.93. The van der Waals surface area contributed by atoms with Crippen molar-refractivity contribution in [2.24, 2.45) is 0 Å².